The Morgan fingerprint density at radius 3 is 1.97 bits per heavy atom. The second-order valence-corrected chi connectivity index (χ2v) is 7.74. The Hall–Kier alpha value is -3.82. The van der Waals surface area contributed by atoms with Crippen LogP contribution in [0, 0.1) is 0 Å². The standard InChI is InChI=1S/C22H26N2O2.C4H6O4.CH4O/c1-17(2)15-22(26)24-20-10-6-9-19(16-20)21(25)12-14-23-13-11-18-7-4-3-5-8-18;5-3(6)1-2-4(7)8;1-2/h3-10,15-16,23H,11-14H2,1-2H3,(H,24,26);1-2H2,(H,5,6)(H,7,8);2H,1H3. The normalized spacial score (nSPS) is 9.44. The van der Waals surface area contributed by atoms with Gasteiger partial charge in [0.2, 0.25) is 5.91 Å². The molecule has 36 heavy (non-hydrogen) atoms. The van der Waals surface area contributed by atoms with Crippen LogP contribution < -0.4 is 10.6 Å². The molecule has 9 heteroatoms. The molecule has 0 saturated carbocycles. The number of aliphatic hydroxyl groups excluding tert-OH is 1. The molecule has 0 bridgehead atoms. The first-order chi connectivity index (χ1) is 17.2. The molecule has 5 N–H and O–H groups in total. The average molecular weight is 501 g/mol. The van der Waals surface area contributed by atoms with Crippen LogP contribution in [0.4, 0.5) is 5.69 Å². The number of benzene rings is 2. The van der Waals surface area contributed by atoms with Crippen LogP contribution in [0.1, 0.15) is 49.0 Å². The number of carboxylic acids is 2. The molecule has 0 radical (unpaired) electrons. The number of carboxylic acid groups (broad SMARTS) is 2. The fraction of sp³-hybridized carbons (Fsp3) is 0.333. The largest absolute Gasteiger partial charge is 0.481 e. The van der Waals surface area contributed by atoms with Crippen LogP contribution in [0.5, 0.6) is 0 Å². The number of nitrogens with one attached hydrogen (secondary N) is 2. The van der Waals surface area contributed by atoms with Gasteiger partial charge in [-0.1, -0.05) is 48.0 Å². The zero-order chi connectivity index (χ0) is 27.3. The van der Waals surface area contributed by atoms with Crippen LogP contribution >= 0.6 is 0 Å². The Kier molecular flexibility index (Phi) is 17.4. The highest BCUT2D eigenvalue weighted by Gasteiger charge is 2.07. The van der Waals surface area contributed by atoms with E-state index in [4.69, 9.17) is 15.3 Å². The third kappa shape index (κ3) is 16.7. The number of hydrogen-bond donors (Lipinski definition) is 5. The molecular formula is C27H36N2O7. The van der Waals surface area contributed by atoms with Crippen LogP contribution in [0.25, 0.3) is 0 Å². The Balaban J connectivity index is 0.00000104. The number of allylic oxidation sites excluding steroid dienone is 1. The van der Waals surface area contributed by atoms with Gasteiger partial charge in [-0.2, -0.15) is 0 Å². The summed E-state index contributed by atoms with van der Waals surface area (Å²) in [5, 5.41) is 28.9. The lowest BCUT2D eigenvalue weighted by Gasteiger charge is -2.07. The predicted molar refractivity (Wildman–Crippen MR) is 139 cm³/mol. The summed E-state index contributed by atoms with van der Waals surface area (Å²) in [5.74, 6) is -2.27. The predicted octanol–water partition coefficient (Wildman–Crippen LogP) is 3.54. The molecule has 0 spiro atoms. The molecule has 9 nitrogen and oxygen atoms in total. The summed E-state index contributed by atoms with van der Waals surface area (Å²) < 4.78 is 0. The van der Waals surface area contributed by atoms with Crippen molar-refractivity contribution < 1.29 is 34.5 Å². The third-order valence-electron chi connectivity index (χ3n) is 4.39. The SMILES string of the molecule is CC(C)=CC(=O)Nc1cccc(C(=O)CCNCCc2ccccc2)c1.CO.O=C(O)CCC(=O)O. The van der Waals surface area contributed by atoms with Crippen molar-refractivity contribution in [2.45, 2.75) is 39.5 Å². The fourth-order valence-electron chi connectivity index (χ4n) is 2.77. The average Bonchev–Trinajstić information content (AvgIpc) is 2.84. The third-order valence-corrected chi connectivity index (χ3v) is 4.39. The topological polar surface area (TPSA) is 153 Å². The highest BCUT2D eigenvalue weighted by Crippen LogP contribution is 2.12. The van der Waals surface area contributed by atoms with E-state index in [1.54, 1.807) is 24.3 Å². The second-order valence-electron chi connectivity index (χ2n) is 7.74. The van der Waals surface area contributed by atoms with Crippen molar-refractivity contribution in [1.29, 1.82) is 0 Å². The lowest BCUT2D eigenvalue weighted by atomic mass is 10.1. The minimum atomic E-state index is -1.08. The molecule has 2 aromatic carbocycles. The van der Waals surface area contributed by atoms with Crippen molar-refractivity contribution >= 4 is 29.3 Å². The van der Waals surface area contributed by atoms with Crippen LogP contribution in [0.2, 0.25) is 0 Å². The Morgan fingerprint density at radius 1 is 0.806 bits per heavy atom. The Labute approximate surface area is 211 Å². The van der Waals surface area contributed by atoms with Gasteiger partial charge in [0.15, 0.2) is 5.78 Å². The van der Waals surface area contributed by atoms with Gasteiger partial charge in [0, 0.05) is 37.4 Å². The molecule has 0 aliphatic rings. The molecule has 0 heterocycles. The van der Waals surface area contributed by atoms with E-state index in [-0.39, 0.29) is 24.5 Å². The molecular weight excluding hydrogens is 464 g/mol. The lowest BCUT2D eigenvalue weighted by molar-refractivity contribution is -0.143. The number of Topliss-reactive ketones (excluding diaryl/α,β-unsaturated/α-hetero) is 1. The number of aliphatic hydroxyl groups is 1. The van der Waals surface area contributed by atoms with E-state index < -0.39 is 11.9 Å². The van der Waals surface area contributed by atoms with E-state index in [1.165, 1.54) is 11.6 Å². The first-order valence-corrected chi connectivity index (χ1v) is 11.4. The molecule has 0 fully saturated rings. The van der Waals surface area contributed by atoms with E-state index in [2.05, 4.69) is 22.8 Å². The minimum absolute atomic E-state index is 0.0653. The van der Waals surface area contributed by atoms with Crippen LogP contribution in [-0.2, 0) is 20.8 Å². The molecule has 0 atom stereocenters. The molecule has 2 aromatic rings. The first kappa shape index (κ1) is 32.2. The number of hydrogen-bond acceptors (Lipinski definition) is 6. The summed E-state index contributed by atoms with van der Waals surface area (Å²) >= 11 is 0. The molecule has 0 aromatic heterocycles. The smallest absolute Gasteiger partial charge is 0.303 e. The van der Waals surface area contributed by atoms with Crippen molar-refractivity contribution in [2.75, 3.05) is 25.5 Å². The molecule has 0 saturated heterocycles. The quantitative estimate of drug-likeness (QED) is 0.168. The van der Waals surface area contributed by atoms with Gasteiger partial charge in [-0.15, -0.1) is 0 Å². The Bertz CT molecular complexity index is 971. The van der Waals surface area contributed by atoms with Gasteiger partial charge in [0.05, 0.1) is 12.8 Å². The van der Waals surface area contributed by atoms with Crippen molar-refractivity contribution in [3.63, 3.8) is 0 Å². The molecule has 0 unspecified atom stereocenters. The maximum atomic E-state index is 12.3. The van der Waals surface area contributed by atoms with Crippen LogP contribution in [0.3, 0.4) is 0 Å². The number of rotatable bonds is 12. The number of carbonyl (C=O) groups excluding carboxylic acids is 2. The summed E-state index contributed by atoms with van der Waals surface area (Å²) in [7, 11) is 1.00. The highest BCUT2D eigenvalue weighted by atomic mass is 16.4. The van der Waals surface area contributed by atoms with E-state index >= 15 is 0 Å². The van der Waals surface area contributed by atoms with E-state index in [0.29, 0.717) is 24.2 Å². The zero-order valence-corrected chi connectivity index (χ0v) is 21.0. The maximum Gasteiger partial charge on any atom is 0.303 e. The number of aliphatic carboxylic acids is 2. The van der Waals surface area contributed by atoms with E-state index in [9.17, 15) is 19.2 Å². The monoisotopic (exact) mass is 500 g/mol. The van der Waals surface area contributed by atoms with Gasteiger partial charge in [0.1, 0.15) is 0 Å². The van der Waals surface area contributed by atoms with Gasteiger partial charge in [-0.3, -0.25) is 19.2 Å². The van der Waals surface area contributed by atoms with Crippen molar-refractivity contribution in [2.24, 2.45) is 0 Å². The van der Waals surface area contributed by atoms with Gasteiger partial charge >= 0.3 is 11.9 Å². The van der Waals surface area contributed by atoms with Gasteiger partial charge in [0.25, 0.3) is 0 Å². The summed E-state index contributed by atoms with van der Waals surface area (Å²) in [6.45, 7) is 5.21. The zero-order valence-electron chi connectivity index (χ0n) is 21.0. The fourth-order valence-corrected chi connectivity index (χ4v) is 2.77. The number of amides is 1. The number of ketones is 1. The molecule has 0 aliphatic heterocycles. The number of carbonyl (C=O) groups is 4. The summed E-state index contributed by atoms with van der Waals surface area (Å²) in [6, 6.07) is 17.3. The Morgan fingerprint density at radius 2 is 1.42 bits per heavy atom. The molecule has 1 amide bonds. The first-order valence-electron chi connectivity index (χ1n) is 11.4. The maximum absolute atomic E-state index is 12.3. The second kappa shape index (κ2) is 19.5. The van der Waals surface area contributed by atoms with Gasteiger partial charge in [-0.05, 0) is 44.5 Å². The van der Waals surface area contributed by atoms with Crippen molar-refractivity contribution in [3.8, 4) is 0 Å². The van der Waals surface area contributed by atoms with Crippen LogP contribution in [-0.4, -0.2) is 59.1 Å². The number of anilines is 1. The van der Waals surface area contributed by atoms with Crippen molar-refractivity contribution in [3.05, 3.63) is 77.4 Å². The minimum Gasteiger partial charge on any atom is -0.481 e. The molecule has 0 aliphatic carbocycles. The van der Waals surface area contributed by atoms with Crippen molar-refractivity contribution in [1.82, 2.24) is 5.32 Å². The molecule has 2 rings (SSSR count). The summed E-state index contributed by atoms with van der Waals surface area (Å²) in [5.41, 5.74) is 3.46. The van der Waals surface area contributed by atoms with E-state index in [1.807, 2.05) is 32.0 Å². The van der Waals surface area contributed by atoms with E-state index in [0.717, 1.165) is 25.6 Å². The van der Waals surface area contributed by atoms with Gasteiger partial charge in [-0.25, -0.2) is 0 Å². The molecule has 196 valence electrons. The summed E-state index contributed by atoms with van der Waals surface area (Å²) in [6.07, 6.45) is 2.32. The van der Waals surface area contributed by atoms with Gasteiger partial charge < -0.3 is 26.0 Å². The van der Waals surface area contributed by atoms with Crippen LogP contribution in [0.15, 0.2) is 66.2 Å². The highest BCUT2D eigenvalue weighted by molar-refractivity contribution is 6.01. The lowest BCUT2D eigenvalue weighted by Crippen LogP contribution is -2.21. The summed E-state index contributed by atoms with van der Waals surface area (Å²) in [4.78, 5) is 43.4.